The Labute approximate surface area is 169 Å². The summed E-state index contributed by atoms with van der Waals surface area (Å²) in [6.45, 7) is 2.62. The van der Waals surface area contributed by atoms with Crippen LogP contribution < -0.4 is 15.0 Å². The number of carbonyl (C=O) groups excluding carboxylic acids is 2. The molecule has 0 radical (unpaired) electrons. The number of pyridine rings is 1. The highest BCUT2D eigenvalue weighted by Crippen LogP contribution is 2.37. The molecule has 0 bridgehead atoms. The number of hydrogen-bond acceptors (Lipinski definition) is 6. The molecule has 0 spiro atoms. The lowest BCUT2D eigenvalue weighted by atomic mass is 10.1. The zero-order chi connectivity index (χ0) is 20.6. The molecule has 0 saturated heterocycles. The molecule has 1 aliphatic rings. The van der Waals surface area contributed by atoms with Gasteiger partial charge in [-0.1, -0.05) is 23.2 Å². The van der Waals surface area contributed by atoms with Gasteiger partial charge in [0.05, 0.1) is 10.7 Å². The summed E-state index contributed by atoms with van der Waals surface area (Å²) in [5.41, 5.74) is -0.966. The summed E-state index contributed by atoms with van der Waals surface area (Å²) in [6.07, 6.45) is 0. The van der Waals surface area contributed by atoms with Gasteiger partial charge in [-0.15, -0.1) is 0 Å². The maximum Gasteiger partial charge on any atom is 0.366 e. The molecule has 1 aromatic heterocycles. The minimum absolute atomic E-state index is 0.101. The Morgan fingerprint density at radius 1 is 1.32 bits per heavy atom. The summed E-state index contributed by atoms with van der Waals surface area (Å²) in [6, 6.07) is 7.03. The van der Waals surface area contributed by atoms with E-state index in [1.165, 1.54) is 32.0 Å². The number of amides is 2. The van der Waals surface area contributed by atoms with E-state index in [2.05, 4.69) is 10.3 Å². The Kier molecular flexibility index (Phi) is 5.14. The van der Waals surface area contributed by atoms with Gasteiger partial charge in [-0.2, -0.15) is 0 Å². The first-order chi connectivity index (χ1) is 13.1. The van der Waals surface area contributed by atoms with Crippen LogP contribution in [0, 0.1) is 10.1 Å². The molecule has 3 rings (SSSR count). The van der Waals surface area contributed by atoms with Gasteiger partial charge in [-0.05, 0) is 48.0 Å². The quantitative estimate of drug-likeness (QED) is 0.593. The Hall–Kier alpha value is -2.91. The van der Waals surface area contributed by atoms with E-state index in [0.29, 0.717) is 10.7 Å². The van der Waals surface area contributed by atoms with Crippen molar-refractivity contribution in [3.63, 3.8) is 0 Å². The number of ether oxygens (including phenoxy) is 1. The van der Waals surface area contributed by atoms with E-state index in [0.717, 1.165) is 11.0 Å². The van der Waals surface area contributed by atoms with E-state index in [4.69, 9.17) is 27.9 Å². The van der Waals surface area contributed by atoms with Gasteiger partial charge in [0.25, 0.3) is 11.7 Å². The second-order valence-corrected chi connectivity index (χ2v) is 7.27. The number of anilines is 2. The molecule has 1 N–H and O–H groups in total. The standard InChI is InChI=1S/C17H14Cl2N4O5/c1-17(2)16(25)22(15-12(28-17)5-6-13(21-15)23(26)27)8-14(24)20-11-4-3-9(18)7-10(11)19/h3-7H,8H2,1-2H3,(H,20,24). The summed E-state index contributed by atoms with van der Waals surface area (Å²) < 4.78 is 5.58. The molecule has 0 saturated carbocycles. The summed E-state index contributed by atoms with van der Waals surface area (Å²) in [7, 11) is 0. The van der Waals surface area contributed by atoms with Crippen molar-refractivity contribution in [2.24, 2.45) is 0 Å². The first kappa shape index (κ1) is 19.8. The molecule has 2 heterocycles. The van der Waals surface area contributed by atoms with Gasteiger partial charge < -0.3 is 20.2 Å². The van der Waals surface area contributed by atoms with Crippen molar-refractivity contribution in [1.82, 2.24) is 4.98 Å². The van der Waals surface area contributed by atoms with Crippen molar-refractivity contribution in [3.8, 4) is 5.75 Å². The number of aromatic nitrogens is 1. The number of nitrogens with zero attached hydrogens (tertiary/aromatic N) is 3. The fourth-order valence-corrected chi connectivity index (χ4v) is 3.07. The van der Waals surface area contributed by atoms with Crippen LogP contribution in [0.1, 0.15) is 13.8 Å². The minimum Gasteiger partial charge on any atom is -0.472 e. The van der Waals surface area contributed by atoms with E-state index in [1.807, 2.05) is 0 Å². The van der Waals surface area contributed by atoms with Crippen LogP contribution in [0.4, 0.5) is 17.3 Å². The van der Waals surface area contributed by atoms with Gasteiger partial charge in [0.1, 0.15) is 6.54 Å². The molecule has 0 fully saturated rings. The lowest BCUT2D eigenvalue weighted by Crippen LogP contribution is -2.54. The third-order valence-corrected chi connectivity index (χ3v) is 4.45. The van der Waals surface area contributed by atoms with Gasteiger partial charge in [0.15, 0.2) is 11.4 Å². The zero-order valence-corrected chi connectivity index (χ0v) is 16.2. The maximum atomic E-state index is 12.8. The Morgan fingerprint density at radius 3 is 2.68 bits per heavy atom. The molecule has 1 aromatic carbocycles. The summed E-state index contributed by atoms with van der Waals surface area (Å²) in [5, 5.41) is 14.2. The third kappa shape index (κ3) is 3.85. The largest absolute Gasteiger partial charge is 0.472 e. The van der Waals surface area contributed by atoms with Crippen molar-refractivity contribution < 1.29 is 19.2 Å². The van der Waals surface area contributed by atoms with Crippen LogP contribution >= 0.6 is 23.2 Å². The van der Waals surface area contributed by atoms with Crippen LogP contribution in [0.2, 0.25) is 10.0 Å². The summed E-state index contributed by atoms with van der Waals surface area (Å²) in [4.78, 5) is 40.5. The highest BCUT2D eigenvalue weighted by molar-refractivity contribution is 6.36. The molecule has 2 amide bonds. The molecule has 2 aromatic rings. The van der Waals surface area contributed by atoms with Crippen molar-refractivity contribution >= 4 is 52.3 Å². The number of nitrogens with one attached hydrogen (secondary N) is 1. The molecular formula is C17H14Cl2N4O5. The Morgan fingerprint density at radius 2 is 2.04 bits per heavy atom. The topological polar surface area (TPSA) is 115 Å². The van der Waals surface area contributed by atoms with Gasteiger partial charge in [-0.25, -0.2) is 0 Å². The van der Waals surface area contributed by atoms with Crippen LogP contribution in [-0.4, -0.2) is 33.9 Å². The van der Waals surface area contributed by atoms with Crippen molar-refractivity contribution in [2.45, 2.75) is 19.4 Å². The fraction of sp³-hybridized carbons (Fsp3) is 0.235. The highest BCUT2D eigenvalue weighted by atomic mass is 35.5. The van der Waals surface area contributed by atoms with Crippen LogP contribution in [0.3, 0.4) is 0 Å². The van der Waals surface area contributed by atoms with Gasteiger partial charge in [0.2, 0.25) is 5.91 Å². The average molecular weight is 425 g/mol. The molecule has 11 heteroatoms. The van der Waals surface area contributed by atoms with Crippen molar-refractivity contribution in [3.05, 3.63) is 50.5 Å². The number of halogens is 2. The molecule has 28 heavy (non-hydrogen) atoms. The van der Waals surface area contributed by atoms with Gasteiger partial charge in [-0.3, -0.25) is 14.5 Å². The highest BCUT2D eigenvalue weighted by Gasteiger charge is 2.45. The predicted molar refractivity (Wildman–Crippen MR) is 103 cm³/mol. The number of hydrogen-bond donors (Lipinski definition) is 1. The minimum atomic E-state index is -1.27. The molecule has 0 atom stereocenters. The van der Waals surface area contributed by atoms with Crippen LogP contribution in [-0.2, 0) is 9.59 Å². The molecule has 9 nitrogen and oxygen atoms in total. The van der Waals surface area contributed by atoms with Crippen molar-refractivity contribution in [2.75, 3.05) is 16.8 Å². The molecular weight excluding hydrogens is 411 g/mol. The smallest absolute Gasteiger partial charge is 0.366 e. The van der Waals surface area contributed by atoms with Gasteiger partial charge >= 0.3 is 5.82 Å². The first-order valence-electron chi connectivity index (χ1n) is 8.00. The number of fused-ring (bicyclic) bond motifs is 1. The summed E-state index contributed by atoms with van der Waals surface area (Å²) in [5.74, 6) is -1.55. The lowest BCUT2D eigenvalue weighted by molar-refractivity contribution is -0.389. The molecule has 146 valence electrons. The molecule has 0 aliphatic carbocycles. The Balaban J connectivity index is 1.91. The second kappa shape index (κ2) is 7.25. The number of carbonyl (C=O) groups is 2. The van der Waals surface area contributed by atoms with E-state index in [9.17, 15) is 19.7 Å². The second-order valence-electron chi connectivity index (χ2n) is 6.42. The SMILES string of the molecule is CC1(C)Oc2ccc([N+](=O)[O-])nc2N(CC(=O)Nc2ccc(Cl)cc2Cl)C1=O. The van der Waals surface area contributed by atoms with Crippen molar-refractivity contribution in [1.29, 1.82) is 0 Å². The predicted octanol–water partition coefficient (Wildman–Crippen LogP) is 3.44. The van der Waals surface area contributed by atoms with E-state index in [1.54, 1.807) is 6.07 Å². The number of nitro groups is 1. The zero-order valence-electron chi connectivity index (χ0n) is 14.7. The monoisotopic (exact) mass is 424 g/mol. The first-order valence-corrected chi connectivity index (χ1v) is 8.75. The maximum absolute atomic E-state index is 12.8. The lowest BCUT2D eigenvalue weighted by Gasteiger charge is -2.35. The normalized spacial score (nSPS) is 14.9. The van der Waals surface area contributed by atoms with Crippen LogP contribution in [0.25, 0.3) is 0 Å². The van der Waals surface area contributed by atoms with Gasteiger partial charge in [0, 0.05) is 11.1 Å². The average Bonchev–Trinajstić information content (AvgIpc) is 2.60. The van der Waals surface area contributed by atoms with E-state index in [-0.39, 0.29) is 16.6 Å². The van der Waals surface area contributed by atoms with E-state index < -0.39 is 34.7 Å². The van der Waals surface area contributed by atoms with Crippen LogP contribution in [0.15, 0.2) is 30.3 Å². The molecule has 0 unspecified atom stereocenters. The fourth-order valence-electron chi connectivity index (χ4n) is 2.61. The Bertz CT molecular complexity index is 996. The molecule has 1 aliphatic heterocycles. The number of benzene rings is 1. The number of rotatable bonds is 4. The third-order valence-electron chi connectivity index (χ3n) is 3.90. The summed E-state index contributed by atoms with van der Waals surface area (Å²) >= 11 is 11.9. The van der Waals surface area contributed by atoms with Crippen LogP contribution in [0.5, 0.6) is 5.75 Å². The van der Waals surface area contributed by atoms with E-state index >= 15 is 0 Å².